The fourth-order valence-corrected chi connectivity index (χ4v) is 2.02. The third kappa shape index (κ3) is 4.99. The van der Waals surface area contributed by atoms with E-state index >= 15 is 0 Å². The molecule has 0 aromatic carbocycles. The summed E-state index contributed by atoms with van der Waals surface area (Å²) >= 11 is 0. The van der Waals surface area contributed by atoms with Crippen molar-refractivity contribution in [3.63, 3.8) is 0 Å². The first kappa shape index (κ1) is 16.7. The molecule has 0 saturated heterocycles. The van der Waals surface area contributed by atoms with Crippen LogP contribution in [0.2, 0.25) is 0 Å². The largest absolute Gasteiger partial charge is 0.370 e. The van der Waals surface area contributed by atoms with Gasteiger partial charge in [-0.1, -0.05) is 27.7 Å². The maximum Gasteiger partial charge on any atom is 0.135 e. The minimum absolute atomic E-state index is 0.337. The number of hydrogen-bond donors (Lipinski definition) is 2. The van der Waals surface area contributed by atoms with Crippen LogP contribution in [0.5, 0.6) is 0 Å². The lowest BCUT2D eigenvalue weighted by molar-refractivity contribution is 0.566. The van der Waals surface area contributed by atoms with Gasteiger partial charge < -0.3 is 10.6 Å². The van der Waals surface area contributed by atoms with Crippen LogP contribution in [-0.4, -0.2) is 23.1 Å². The molecule has 1 aromatic rings. The van der Waals surface area contributed by atoms with E-state index in [2.05, 4.69) is 62.1 Å². The Labute approximate surface area is 123 Å². The minimum Gasteiger partial charge on any atom is -0.370 e. The van der Waals surface area contributed by atoms with Crippen LogP contribution < -0.4 is 10.6 Å². The first-order valence-electron chi connectivity index (χ1n) is 7.81. The zero-order valence-corrected chi connectivity index (χ0v) is 13.9. The Kier molecular flexibility index (Phi) is 6.76. The molecule has 1 heterocycles. The number of anilines is 2. The molecule has 0 aliphatic heterocycles. The summed E-state index contributed by atoms with van der Waals surface area (Å²) < 4.78 is 0. The lowest BCUT2D eigenvalue weighted by Gasteiger charge is -2.16. The fraction of sp³-hybridized carbons (Fsp3) is 0.750. The highest BCUT2D eigenvalue weighted by Crippen LogP contribution is 2.23. The maximum atomic E-state index is 4.67. The standard InChI is InChI=1S/C16H30N4/c1-7-17-15-13(6)16(18-10-8-9-11(2)3)20-14(19-15)12(4)5/h11-12H,7-10H2,1-6H3,(H2,17,18,19,20). The molecule has 4 nitrogen and oxygen atoms in total. The van der Waals surface area contributed by atoms with Gasteiger partial charge in [0.1, 0.15) is 17.5 Å². The van der Waals surface area contributed by atoms with Crippen molar-refractivity contribution in [3.8, 4) is 0 Å². The predicted molar refractivity (Wildman–Crippen MR) is 87.6 cm³/mol. The highest BCUT2D eigenvalue weighted by Gasteiger charge is 2.12. The van der Waals surface area contributed by atoms with E-state index in [4.69, 9.17) is 0 Å². The second-order valence-electron chi connectivity index (χ2n) is 6.05. The van der Waals surface area contributed by atoms with Gasteiger partial charge in [-0.15, -0.1) is 0 Å². The van der Waals surface area contributed by atoms with Gasteiger partial charge >= 0.3 is 0 Å². The SMILES string of the molecule is CCNc1nc(C(C)C)nc(NCCCC(C)C)c1C. The second-order valence-corrected chi connectivity index (χ2v) is 6.05. The first-order chi connectivity index (χ1) is 9.45. The average Bonchev–Trinajstić information content (AvgIpc) is 2.38. The third-order valence-electron chi connectivity index (χ3n) is 3.27. The molecular weight excluding hydrogens is 248 g/mol. The van der Waals surface area contributed by atoms with Gasteiger partial charge in [0.2, 0.25) is 0 Å². The van der Waals surface area contributed by atoms with Gasteiger partial charge in [0.05, 0.1) is 0 Å². The summed E-state index contributed by atoms with van der Waals surface area (Å²) in [4.78, 5) is 9.29. The van der Waals surface area contributed by atoms with Crippen molar-refractivity contribution in [2.24, 2.45) is 5.92 Å². The van der Waals surface area contributed by atoms with E-state index in [1.807, 2.05) is 0 Å². The first-order valence-corrected chi connectivity index (χ1v) is 7.81. The predicted octanol–water partition coefficient (Wildman–Crippen LogP) is 4.19. The Bertz CT molecular complexity index is 413. The number of aromatic nitrogens is 2. The van der Waals surface area contributed by atoms with E-state index in [1.165, 1.54) is 12.8 Å². The van der Waals surface area contributed by atoms with Crippen molar-refractivity contribution < 1.29 is 0 Å². The van der Waals surface area contributed by atoms with Crippen molar-refractivity contribution in [2.75, 3.05) is 23.7 Å². The summed E-state index contributed by atoms with van der Waals surface area (Å²) in [6.07, 6.45) is 2.42. The van der Waals surface area contributed by atoms with Crippen molar-refractivity contribution in [1.29, 1.82) is 0 Å². The second kappa shape index (κ2) is 8.08. The van der Waals surface area contributed by atoms with Crippen LogP contribution in [0, 0.1) is 12.8 Å². The quantitative estimate of drug-likeness (QED) is 0.700. The van der Waals surface area contributed by atoms with Gasteiger partial charge in [0.25, 0.3) is 0 Å². The molecule has 0 saturated carbocycles. The summed E-state index contributed by atoms with van der Waals surface area (Å²) in [6.45, 7) is 14.8. The molecule has 0 spiro atoms. The Morgan fingerprint density at radius 3 is 2.10 bits per heavy atom. The van der Waals surface area contributed by atoms with Crippen molar-refractivity contribution >= 4 is 11.6 Å². The van der Waals surface area contributed by atoms with E-state index in [0.717, 1.165) is 42.0 Å². The monoisotopic (exact) mass is 278 g/mol. The van der Waals surface area contributed by atoms with Crippen molar-refractivity contribution in [3.05, 3.63) is 11.4 Å². The van der Waals surface area contributed by atoms with Crippen LogP contribution in [0.15, 0.2) is 0 Å². The molecule has 2 N–H and O–H groups in total. The van der Waals surface area contributed by atoms with Crippen LogP contribution in [0.25, 0.3) is 0 Å². The van der Waals surface area contributed by atoms with E-state index < -0.39 is 0 Å². The van der Waals surface area contributed by atoms with Gasteiger partial charge in [-0.2, -0.15) is 0 Å². The zero-order chi connectivity index (χ0) is 15.1. The summed E-state index contributed by atoms with van der Waals surface area (Å²) in [7, 11) is 0. The highest BCUT2D eigenvalue weighted by atomic mass is 15.1. The zero-order valence-electron chi connectivity index (χ0n) is 13.9. The molecule has 0 bridgehead atoms. The van der Waals surface area contributed by atoms with Crippen LogP contribution in [-0.2, 0) is 0 Å². The molecule has 1 rings (SSSR count). The molecule has 0 radical (unpaired) electrons. The normalized spacial score (nSPS) is 11.2. The van der Waals surface area contributed by atoms with Crippen LogP contribution in [0.4, 0.5) is 11.6 Å². The third-order valence-corrected chi connectivity index (χ3v) is 3.27. The molecule has 0 aliphatic carbocycles. The van der Waals surface area contributed by atoms with Crippen molar-refractivity contribution in [1.82, 2.24) is 9.97 Å². The molecule has 0 unspecified atom stereocenters. The summed E-state index contributed by atoms with van der Waals surface area (Å²) in [5.41, 5.74) is 1.11. The molecule has 0 amide bonds. The molecule has 114 valence electrons. The molecule has 0 aliphatic rings. The van der Waals surface area contributed by atoms with Crippen LogP contribution in [0.3, 0.4) is 0 Å². The topological polar surface area (TPSA) is 49.8 Å². The Balaban J connectivity index is 2.81. The average molecular weight is 278 g/mol. The number of nitrogens with one attached hydrogen (secondary N) is 2. The maximum absolute atomic E-state index is 4.67. The van der Waals surface area contributed by atoms with Gasteiger partial charge in [0, 0.05) is 24.6 Å². The van der Waals surface area contributed by atoms with E-state index in [9.17, 15) is 0 Å². The van der Waals surface area contributed by atoms with Gasteiger partial charge in [-0.3, -0.25) is 0 Å². The Morgan fingerprint density at radius 2 is 1.60 bits per heavy atom. The van der Waals surface area contributed by atoms with Gasteiger partial charge in [-0.25, -0.2) is 9.97 Å². The van der Waals surface area contributed by atoms with E-state index in [-0.39, 0.29) is 0 Å². The Hall–Kier alpha value is -1.32. The number of hydrogen-bond acceptors (Lipinski definition) is 4. The smallest absolute Gasteiger partial charge is 0.135 e. The Morgan fingerprint density at radius 1 is 1.00 bits per heavy atom. The molecule has 4 heteroatoms. The molecule has 0 fully saturated rings. The lowest BCUT2D eigenvalue weighted by Crippen LogP contribution is -2.13. The molecular formula is C16H30N4. The summed E-state index contributed by atoms with van der Waals surface area (Å²) in [6, 6.07) is 0. The van der Waals surface area contributed by atoms with Gasteiger partial charge in [0.15, 0.2) is 0 Å². The van der Waals surface area contributed by atoms with E-state index in [0.29, 0.717) is 5.92 Å². The van der Waals surface area contributed by atoms with Crippen molar-refractivity contribution in [2.45, 2.75) is 60.3 Å². The lowest BCUT2D eigenvalue weighted by atomic mass is 10.1. The van der Waals surface area contributed by atoms with Gasteiger partial charge in [-0.05, 0) is 32.6 Å². The fourth-order valence-electron chi connectivity index (χ4n) is 2.02. The van der Waals surface area contributed by atoms with E-state index in [1.54, 1.807) is 0 Å². The summed E-state index contributed by atoms with van der Waals surface area (Å²) in [5.74, 6) is 3.93. The minimum atomic E-state index is 0.337. The molecule has 20 heavy (non-hydrogen) atoms. The highest BCUT2D eigenvalue weighted by molar-refractivity contribution is 5.57. The van der Waals surface area contributed by atoms with Crippen LogP contribution in [0.1, 0.15) is 64.8 Å². The molecule has 1 aromatic heterocycles. The number of nitrogens with zero attached hydrogens (tertiary/aromatic N) is 2. The number of rotatable bonds is 8. The molecule has 0 atom stereocenters. The van der Waals surface area contributed by atoms with Crippen LogP contribution >= 0.6 is 0 Å². The summed E-state index contributed by atoms with van der Waals surface area (Å²) in [5, 5.41) is 6.80.